The lowest BCUT2D eigenvalue weighted by molar-refractivity contribution is -0.121. The molecule has 1 saturated heterocycles. The molecule has 6 nitrogen and oxygen atoms in total. The second-order valence-electron chi connectivity index (χ2n) is 8.81. The first kappa shape index (κ1) is 23.4. The highest BCUT2D eigenvalue weighted by molar-refractivity contribution is 7.89. The summed E-state index contributed by atoms with van der Waals surface area (Å²) in [4.78, 5) is 15.0. The van der Waals surface area contributed by atoms with Gasteiger partial charge in [0.15, 0.2) is 0 Å². The summed E-state index contributed by atoms with van der Waals surface area (Å²) in [6.45, 7) is 8.01. The Morgan fingerprint density at radius 1 is 1.00 bits per heavy atom. The van der Waals surface area contributed by atoms with E-state index in [4.69, 9.17) is 0 Å². The highest BCUT2D eigenvalue weighted by atomic mass is 32.2. The van der Waals surface area contributed by atoms with E-state index in [-0.39, 0.29) is 17.3 Å². The van der Waals surface area contributed by atoms with Crippen LogP contribution in [0.15, 0.2) is 59.5 Å². The number of rotatable bonds is 8. The smallest absolute Gasteiger partial charge is 0.243 e. The molecule has 0 spiro atoms. The van der Waals surface area contributed by atoms with Crippen LogP contribution < -0.4 is 5.32 Å². The highest BCUT2D eigenvalue weighted by Gasteiger charge is 2.23. The fourth-order valence-corrected chi connectivity index (χ4v) is 5.41. The minimum absolute atomic E-state index is 0.179. The van der Waals surface area contributed by atoms with Crippen molar-refractivity contribution in [3.63, 3.8) is 0 Å². The third-order valence-electron chi connectivity index (χ3n) is 5.68. The maximum Gasteiger partial charge on any atom is 0.243 e. The van der Waals surface area contributed by atoms with E-state index in [9.17, 15) is 13.2 Å². The number of likely N-dealkylation sites (N-methyl/N-ethyl adjacent to an activating group) is 1. The number of hydrogen-bond acceptors (Lipinski definition) is 4. The van der Waals surface area contributed by atoms with Gasteiger partial charge >= 0.3 is 0 Å². The van der Waals surface area contributed by atoms with Crippen LogP contribution in [-0.2, 0) is 27.9 Å². The summed E-state index contributed by atoms with van der Waals surface area (Å²) in [5.74, 6) is 1.14. The number of benzene rings is 2. The molecule has 0 aromatic heterocycles. The molecule has 168 valence electrons. The number of hydrogen-bond donors (Lipinski definition) is 1. The quantitative estimate of drug-likeness (QED) is 0.681. The van der Waals surface area contributed by atoms with Gasteiger partial charge in [0.2, 0.25) is 15.9 Å². The zero-order valence-electron chi connectivity index (χ0n) is 18.6. The third kappa shape index (κ3) is 6.63. The van der Waals surface area contributed by atoms with Crippen molar-refractivity contribution in [3.05, 3.63) is 65.7 Å². The molecule has 0 aliphatic carbocycles. The monoisotopic (exact) mass is 443 g/mol. The van der Waals surface area contributed by atoms with Crippen molar-refractivity contribution in [2.75, 3.05) is 26.7 Å². The van der Waals surface area contributed by atoms with Gasteiger partial charge in [0.05, 0.1) is 11.4 Å². The van der Waals surface area contributed by atoms with Gasteiger partial charge in [-0.15, -0.1) is 0 Å². The average Bonchev–Trinajstić information content (AvgIpc) is 2.73. The minimum atomic E-state index is -3.68. The van der Waals surface area contributed by atoms with Gasteiger partial charge in [0, 0.05) is 33.2 Å². The van der Waals surface area contributed by atoms with Crippen LogP contribution in [0.1, 0.15) is 31.4 Å². The second kappa shape index (κ2) is 10.4. The molecule has 1 amide bonds. The molecule has 1 fully saturated rings. The first-order chi connectivity index (χ1) is 14.7. The predicted octanol–water partition coefficient (Wildman–Crippen LogP) is 3.10. The molecule has 0 radical (unpaired) electrons. The fourth-order valence-electron chi connectivity index (χ4n) is 4.26. The number of piperidine rings is 1. The lowest BCUT2D eigenvalue weighted by Crippen LogP contribution is -2.38. The molecule has 2 atom stereocenters. The van der Waals surface area contributed by atoms with E-state index in [1.54, 1.807) is 18.2 Å². The van der Waals surface area contributed by atoms with Gasteiger partial charge in [-0.05, 0) is 41.5 Å². The van der Waals surface area contributed by atoms with Crippen LogP contribution >= 0.6 is 0 Å². The van der Waals surface area contributed by atoms with E-state index in [0.29, 0.717) is 6.54 Å². The van der Waals surface area contributed by atoms with Gasteiger partial charge in [0.1, 0.15) is 0 Å². The lowest BCUT2D eigenvalue weighted by Gasteiger charge is -2.35. The average molecular weight is 444 g/mol. The maximum atomic E-state index is 12.5. The van der Waals surface area contributed by atoms with Crippen LogP contribution in [0.25, 0.3) is 0 Å². The summed E-state index contributed by atoms with van der Waals surface area (Å²) in [6, 6.07) is 16.4. The molecule has 2 aromatic carbocycles. The number of carbonyl (C=O) groups is 1. The van der Waals surface area contributed by atoms with Crippen LogP contribution in [-0.4, -0.2) is 50.2 Å². The Balaban J connectivity index is 1.48. The molecule has 3 rings (SSSR count). The minimum Gasteiger partial charge on any atom is -0.351 e. The summed E-state index contributed by atoms with van der Waals surface area (Å²) < 4.78 is 26.1. The normalized spacial score (nSPS) is 20.0. The third-order valence-corrected chi connectivity index (χ3v) is 7.50. The number of sulfonamides is 1. The molecule has 7 heteroatoms. The summed E-state index contributed by atoms with van der Waals surface area (Å²) in [7, 11) is -2.26. The molecular weight excluding hydrogens is 410 g/mol. The fraction of sp³-hybridized carbons (Fsp3) is 0.458. The first-order valence-electron chi connectivity index (χ1n) is 10.8. The Labute approximate surface area is 186 Å². The van der Waals surface area contributed by atoms with E-state index in [2.05, 4.69) is 36.2 Å². The zero-order chi connectivity index (χ0) is 22.4. The van der Waals surface area contributed by atoms with Crippen LogP contribution in [0, 0.1) is 11.8 Å². The van der Waals surface area contributed by atoms with E-state index in [1.165, 1.54) is 31.2 Å². The highest BCUT2D eigenvalue weighted by Crippen LogP contribution is 2.22. The van der Waals surface area contributed by atoms with Crippen molar-refractivity contribution in [2.45, 2.75) is 38.3 Å². The summed E-state index contributed by atoms with van der Waals surface area (Å²) >= 11 is 0. The first-order valence-corrected chi connectivity index (χ1v) is 12.3. The Hall–Kier alpha value is -2.22. The molecule has 0 bridgehead atoms. The maximum absolute atomic E-state index is 12.5. The van der Waals surface area contributed by atoms with Crippen LogP contribution in [0.4, 0.5) is 0 Å². The van der Waals surface area contributed by atoms with E-state index < -0.39 is 10.0 Å². The van der Waals surface area contributed by atoms with Crippen molar-refractivity contribution in [2.24, 2.45) is 11.8 Å². The number of carbonyl (C=O) groups excluding carboxylic acids is 1. The number of nitrogens with one attached hydrogen (secondary N) is 1. The summed E-state index contributed by atoms with van der Waals surface area (Å²) in [5, 5.41) is 2.81. The molecule has 1 aliphatic rings. The Morgan fingerprint density at radius 2 is 1.58 bits per heavy atom. The number of nitrogens with zero attached hydrogens (tertiary/aromatic N) is 2. The molecule has 1 heterocycles. The molecule has 2 aromatic rings. The van der Waals surface area contributed by atoms with Crippen molar-refractivity contribution < 1.29 is 13.2 Å². The van der Waals surface area contributed by atoms with Crippen molar-refractivity contribution >= 4 is 15.9 Å². The second-order valence-corrected chi connectivity index (χ2v) is 10.9. The van der Waals surface area contributed by atoms with Crippen LogP contribution in [0.2, 0.25) is 0 Å². The van der Waals surface area contributed by atoms with E-state index in [0.717, 1.165) is 41.3 Å². The van der Waals surface area contributed by atoms with Crippen LogP contribution in [0.3, 0.4) is 0 Å². The molecule has 0 saturated carbocycles. The van der Waals surface area contributed by atoms with Gasteiger partial charge in [-0.3, -0.25) is 9.69 Å². The van der Waals surface area contributed by atoms with Gasteiger partial charge in [-0.2, -0.15) is 4.31 Å². The van der Waals surface area contributed by atoms with Gasteiger partial charge in [-0.1, -0.05) is 56.3 Å². The molecule has 31 heavy (non-hydrogen) atoms. The Kier molecular flexibility index (Phi) is 7.86. The van der Waals surface area contributed by atoms with E-state index in [1.807, 2.05) is 12.1 Å². The van der Waals surface area contributed by atoms with E-state index >= 15 is 0 Å². The van der Waals surface area contributed by atoms with Crippen molar-refractivity contribution in [1.82, 2.24) is 14.5 Å². The topological polar surface area (TPSA) is 69.7 Å². The number of likely N-dealkylation sites (tertiary alicyclic amines) is 1. The van der Waals surface area contributed by atoms with Gasteiger partial charge in [0.25, 0.3) is 0 Å². The largest absolute Gasteiger partial charge is 0.351 e. The zero-order valence-corrected chi connectivity index (χ0v) is 19.4. The van der Waals surface area contributed by atoms with Gasteiger partial charge in [-0.25, -0.2) is 8.42 Å². The van der Waals surface area contributed by atoms with Crippen molar-refractivity contribution in [1.29, 1.82) is 0 Å². The lowest BCUT2D eigenvalue weighted by atomic mass is 9.91. The SMILES string of the molecule is CC1CC(C)CN(Cc2ccc(CNC(=O)CN(C)S(=O)(=O)c3ccccc3)cc2)C1. The Morgan fingerprint density at radius 3 is 2.19 bits per heavy atom. The molecule has 1 N–H and O–H groups in total. The van der Waals surface area contributed by atoms with Gasteiger partial charge < -0.3 is 5.32 Å². The van der Waals surface area contributed by atoms with Crippen LogP contribution in [0.5, 0.6) is 0 Å². The number of amides is 1. The predicted molar refractivity (Wildman–Crippen MR) is 123 cm³/mol. The molecular formula is C24H33N3O3S. The van der Waals surface area contributed by atoms with Crippen molar-refractivity contribution in [3.8, 4) is 0 Å². The standard InChI is InChI=1S/C24H33N3O3S/c1-19-13-20(2)16-27(15-19)17-22-11-9-21(10-12-22)14-25-24(28)18-26(3)31(29,30)23-7-5-4-6-8-23/h4-12,19-20H,13-18H2,1-3H3,(H,25,28). The molecule has 1 aliphatic heterocycles. The summed E-state index contributed by atoms with van der Waals surface area (Å²) in [6.07, 6.45) is 1.30. The summed E-state index contributed by atoms with van der Waals surface area (Å²) in [5.41, 5.74) is 2.26. The Bertz CT molecular complexity index is 951. The molecule has 2 unspecified atom stereocenters.